The lowest BCUT2D eigenvalue weighted by Crippen LogP contribution is -2.32. The van der Waals surface area contributed by atoms with Gasteiger partial charge in [0.25, 0.3) is 0 Å². The minimum absolute atomic E-state index is 0.00398. The summed E-state index contributed by atoms with van der Waals surface area (Å²) in [6.45, 7) is 1.81. The number of carbonyl (C=O) groups is 1. The summed E-state index contributed by atoms with van der Waals surface area (Å²) in [6.07, 6.45) is 0.0352. The summed E-state index contributed by atoms with van der Waals surface area (Å²) < 4.78 is 21.1. The highest BCUT2D eigenvalue weighted by molar-refractivity contribution is 5.66. The number of fused-ring (bicyclic) bond motifs is 1. The molecule has 2 rings (SSSR count). The van der Waals surface area contributed by atoms with Gasteiger partial charge in [0.1, 0.15) is 6.10 Å². The van der Waals surface area contributed by atoms with Crippen LogP contribution in [0.25, 0.3) is 0 Å². The number of carbonyl (C=O) groups excluding carboxylic acids is 1. The quantitative estimate of drug-likeness (QED) is 0.593. The molecule has 0 aliphatic carbocycles. The first-order valence-electron chi connectivity index (χ1n) is 4.68. The fourth-order valence-electron chi connectivity index (χ4n) is 1.91. The standard InChI is InChI=1S/C9H14O5/c1-5(10)13-7-4-12-6-3-8(11-2)14-9(6)7/h6-9H,3-4H2,1-2H3/t6-,7-,8-,9+/m1/s1. The molecule has 5 nitrogen and oxygen atoms in total. The van der Waals surface area contributed by atoms with Crippen LogP contribution in [0.15, 0.2) is 0 Å². The SMILES string of the molecule is CO[C@H]1C[C@H]2OC[C@@H](OC(C)=O)[C@H]2O1. The van der Waals surface area contributed by atoms with Crippen molar-refractivity contribution in [2.75, 3.05) is 13.7 Å². The molecule has 0 amide bonds. The van der Waals surface area contributed by atoms with Gasteiger partial charge in [-0.3, -0.25) is 4.79 Å². The van der Waals surface area contributed by atoms with E-state index in [1.54, 1.807) is 7.11 Å². The van der Waals surface area contributed by atoms with Crippen LogP contribution in [0.2, 0.25) is 0 Å². The summed E-state index contributed by atoms with van der Waals surface area (Å²) in [5.74, 6) is -0.302. The summed E-state index contributed by atoms with van der Waals surface area (Å²) in [5.41, 5.74) is 0. The van der Waals surface area contributed by atoms with Crippen LogP contribution >= 0.6 is 0 Å². The summed E-state index contributed by atoms with van der Waals surface area (Å²) in [5, 5.41) is 0. The topological polar surface area (TPSA) is 54.0 Å². The average Bonchev–Trinajstić information content (AvgIpc) is 2.66. The molecule has 2 fully saturated rings. The van der Waals surface area contributed by atoms with E-state index in [0.717, 1.165) is 0 Å². The highest BCUT2D eigenvalue weighted by Gasteiger charge is 2.47. The Hall–Kier alpha value is -0.650. The molecule has 0 saturated carbocycles. The van der Waals surface area contributed by atoms with E-state index >= 15 is 0 Å². The van der Waals surface area contributed by atoms with Crippen molar-refractivity contribution in [2.24, 2.45) is 0 Å². The highest BCUT2D eigenvalue weighted by Crippen LogP contribution is 2.32. The van der Waals surface area contributed by atoms with Gasteiger partial charge in [0.15, 0.2) is 12.4 Å². The van der Waals surface area contributed by atoms with Crippen molar-refractivity contribution < 1.29 is 23.7 Å². The van der Waals surface area contributed by atoms with E-state index in [0.29, 0.717) is 13.0 Å². The van der Waals surface area contributed by atoms with Gasteiger partial charge in [-0.2, -0.15) is 0 Å². The van der Waals surface area contributed by atoms with E-state index < -0.39 is 0 Å². The maximum Gasteiger partial charge on any atom is 0.303 e. The van der Waals surface area contributed by atoms with Crippen LogP contribution in [-0.4, -0.2) is 44.3 Å². The molecule has 0 aromatic rings. The molecule has 80 valence electrons. The number of hydrogen-bond acceptors (Lipinski definition) is 5. The molecule has 2 heterocycles. The second-order valence-electron chi connectivity index (χ2n) is 3.52. The lowest BCUT2D eigenvalue weighted by Gasteiger charge is -2.17. The van der Waals surface area contributed by atoms with Crippen LogP contribution in [0, 0.1) is 0 Å². The molecule has 14 heavy (non-hydrogen) atoms. The van der Waals surface area contributed by atoms with Crippen LogP contribution in [0.4, 0.5) is 0 Å². The van der Waals surface area contributed by atoms with Gasteiger partial charge in [0, 0.05) is 20.5 Å². The Bertz CT molecular complexity index is 229. The molecule has 2 aliphatic heterocycles. The maximum absolute atomic E-state index is 10.8. The Labute approximate surface area is 82.3 Å². The highest BCUT2D eigenvalue weighted by atomic mass is 16.7. The van der Waals surface area contributed by atoms with E-state index in [1.165, 1.54) is 6.92 Å². The Balaban J connectivity index is 1.94. The third kappa shape index (κ3) is 1.75. The Morgan fingerprint density at radius 1 is 1.50 bits per heavy atom. The van der Waals surface area contributed by atoms with Gasteiger partial charge in [0.2, 0.25) is 0 Å². The molecule has 0 bridgehead atoms. The molecule has 5 heteroatoms. The summed E-state index contributed by atoms with van der Waals surface area (Å²) in [6, 6.07) is 0. The lowest BCUT2D eigenvalue weighted by molar-refractivity contribution is -0.164. The van der Waals surface area contributed by atoms with Crippen molar-refractivity contribution in [1.29, 1.82) is 0 Å². The van der Waals surface area contributed by atoms with Crippen molar-refractivity contribution in [3.63, 3.8) is 0 Å². The van der Waals surface area contributed by atoms with Crippen LogP contribution in [0.3, 0.4) is 0 Å². The normalized spacial score (nSPS) is 41.0. The van der Waals surface area contributed by atoms with Crippen LogP contribution in [0.5, 0.6) is 0 Å². The number of esters is 1. The van der Waals surface area contributed by atoms with Gasteiger partial charge in [-0.1, -0.05) is 0 Å². The Morgan fingerprint density at radius 3 is 2.93 bits per heavy atom. The third-order valence-corrected chi connectivity index (χ3v) is 2.52. The van der Waals surface area contributed by atoms with E-state index in [-0.39, 0.29) is 30.6 Å². The number of rotatable bonds is 2. The predicted octanol–water partition coefficient (Wildman–Crippen LogP) is 0.0783. The number of hydrogen-bond donors (Lipinski definition) is 0. The molecule has 4 atom stereocenters. The summed E-state index contributed by atoms with van der Waals surface area (Å²) in [7, 11) is 1.59. The lowest BCUT2D eigenvalue weighted by atomic mass is 10.1. The first-order chi connectivity index (χ1) is 6.70. The first-order valence-corrected chi connectivity index (χ1v) is 4.68. The third-order valence-electron chi connectivity index (χ3n) is 2.52. The first kappa shape index (κ1) is 9.89. The minimum atomic E-state index is -0.302. The van der Waals surface area contributed by atoms with Gasteiger partial charge in [-0.15, -0.1) is 0 Å². The van der Waals surface area contributed by atoms with E-state index in [4.69, 9.17) is 18.9 Å². The second kappa shape index (κ2) is 3.84. The van der Waals surface area contributed by atoms with Crippen LogP contribution < -0.4 is 0 Å². The van der Waals surface area contributed by atoms with Gasteiger partial charge in [0.05, 0.1) is 12.7 Å². The molecule has 0 radical (unpaired) electrons. The van der Waals surface area contributed by atoms with Crippen molar-refractivity contribution in [1.82, 2.24) is 0 Å². The Morgan fingerprint density at radius 2 is 2.29 bits per heavy atom. The molecule has 0 unspecified atom stereocenters. The monoisotopic (exact) mass is 202 g/mol. The van der Waals surface area contributed by atoms with Crippen LogP contribution in [-0.2, 0) is 23.7 Å². The molecule has 0 aromatic carbocycles. The second-order valence-corrected chi connectivity index (χ2v) is 3.52. The van der Waals surface area contributed by atoms with Gasteiger partial charge in [-0.05, 0) is 0 Å². The smallest absolute Gasteiger partial charge is 0.303 e. The molecule has 2 aliphatic rings. The fourth-order valence-corrected chi connectivity index (χ4v) is 1.91. The number of methoxy groups -OCH3 is 1. The van der Waals surface area contributed by atoms with Gasteiger partial charge >= 0.3 is 5.97 Å². The molecule has 0 aromatic heterocycles. The van der Waals surface area contributed by atoms with Gasteiger partial charge < -0.3 is 18.9 Å². The van der Waals surface area contributed by atoms with Gasteiger partial charge in [-0.25, -0.2) is 0 Å². The molecule has 0 N–H and O–H groups in total. The van der Waals surface area contributed by atoms with E-state index in [2.05, 4.69) is 0 Å². The van der Waals surface area contributed by atoms with Crippen molar-refractivity contribution in [3.8, 4) is 0 Å². The van der Waals surface area contributed by atoms with Crippen molar-refractivity contribution in [3.05, 3.63) is 0 Å². The zero-order valence-corrected chi connectivity index (χ0v) is 8.26. The largest absolute Gasteiger partial charge is 0.457 e. The molecular weight excluding hydrogens is 188 g/mol. The molecule has 2 saturated heterocycles. The summed E-state index contributed by atoms with van der Waals surface area (Å²) >= 11 is 0. The zero-order valence-electron chi connectivity index (χ0n) is 8.26. The predicted molar refractivity (Wildman–Crippen MR) is 45.6 cm³/mol. The number of ether oxygens (including phenoxy) is 4. The van der Waals surface area contributed by atoms with E-state index in [9.17, 15) is 4.79 Å². The van der Waals surface area contributed by atoms with Crippen molar-refractivity contribution >= 4 is 5.97 Å². The molecule has 0 spiro atoms. The summed E-state index contributed by atoms with van der Waals surface area (Å²) in [4.78, 5) is 10.8. The zero-order chi connectivity index (χ0) is 10.1. The molecular formula is C9H14O5. The van der Waals surface area contributed by atoms with Crippen LogP contribution in [0.1, 0.15) is 13.3 Å². The minimum Gasteiger partial charge on any atom is -0.457 e. The Kier molecular flexibility index (Phi) is 2.71. The van der Waals surface area contributed by atoms with E-state index in [1.807, 2.05) is 0 Å². The fraction of sp³-hybridized carbons (Fsp3) is 0.889. The van der Waals surface area contributed by atoms with Crippen molar-refractivity contribution in [2.45, 2.75) is 37.9 Å². The maximum atomic E-state index is 10.8. The average molecular weight is 202 g/mol.